The molecule has 2 aliphatic rings. The van der Waals surface area contributed by atoms with E-state index in [0.717, 1.165) is 40.2 Å². The molecular formula is C58H78BN2S. The van der Waals surface area contributed by atoms with Crippen molar-refractivity contribution in [3.63, 3.8) is 0 Å². The molecule has 329 valence electrons. The first-order valence-electron chi connectivity index (χ1n) is 23.0. The van der Waals surface area contributed by atoms with E-state index in [1.54, 1.807) is 0 Å². The van der Waals surface area contributed by atoms with Crippen molar-refractivity contribution in [2.24, 2.45) is 17.3 Å². The summed E-state index contributed by atoms with van der Waals surface area (Å²) < 4.78 is 2.54. The van der Waals surface area contributed by atoms with E-state index < -0.39 is 0 Å². The maximum atomic E-state index is 4.27. The van der Waals surface area contributed by atoms with Gasteiger partial charge in [-0.25, -0.2) is 0 Å². The Labute approximate surface area is 384 Å². The zero-order valence-electron chi connectivity index (χ0n) is 40.9. The average Bonchev–Trinajstić information content (AvgIpc) is 3.57. The Morgan fingerprint density at radius 2 is 1.60 bits per heavy atom. The van der Waals surface area contributed by atoms with Gasteiger partial charge in [0.25, 0.3) is 0 Å². The maximum absolute atomic E-state index is 4.27. The summed E-state index contributed by atoms with van der Waals surface area (Å²) in [4.78, 5) is 4.83. The monoisotopic (exact) mass is 846 g/mol. The Morgan fingerprint density at radius 3 is 2.16 bits per heavy atom. The zero-order valence-corrected chi connectivity index (χ0v) is 41.7. The van der Waals surface area contributed by atoms with Gasteiger partial charge < -0.3 is 9.80 Å². The quantitative estimate of drug-likeness (QED) is 0.123. The van der Waals surface area contributed by atoms with Gasteiger partial charge in [-0.05, 0) is 138 Å². The van der Waals surface area contributed by atoms with Gasteiger partial charge in [-0.2, -0.15) is 0 Å². The minimum atomic E-state index is 0.0803. The van der Waals surface area contributed by atoms with Crippen LogP contribution >= 0.6 is 11.3 Å². The molecule has 0 fully saturated rings. The smallest absolute Gasteiger partial charge is 0.200 e. The van der Waals surface area contributed by atoms with E-state index in [1.165, 1.54) is 62.9 Å². The minimum absolute atomic E-state index is 0.0803. The Bertz CT molecular complexity index is 2260. The normalized spacial score (nSPS) is 20.4. The fraction of sp³-hybridized carbons (Fsp3) is 0.414. The molecule has 2 heterocycles. The van der Waals surface area contributed by atoms with Gasteiger partial charge in [0.2, 0.25) is 7.28 Å². The van der Waals surface area contributed by atoms with Crippen molar-refractivity contribution < 1.29 is 0 Å². The van der Waals surface area contributed by atoms with Crippen LogP contribution in [-0.2, 0) is 10.8 Å². The van der Waals surface area contributed by atoms with Crippen molar-refractivity contribution in [1.82, 2.24) is 4.90 Å². The van der Waals surface area contributed by atoms with Crippen molar-refractivity contribution >= 4 is 39.2 Å². The lowest BCUT2D eigenvalue weighted by molar-refractivity contribution is 0.332. The predicted octanol–water partition coefficient (Wildman–Crippen LogP) is 16.4. The first-order chi connectivity index (χ1) is 29.2. The van der Waals surface area contributed by atoms with Crippen LogP contribution < -0.4 is 9.68 Å². The zero-order chi connectivity index (χ0) is 46.0. The lowest BCUT2D eigenvalue weighted by Crippen LogP contribution is -2.33. The van der Waals surface area contributed by atoms with Gasteiger partial charge in [0.1, 0.15) is 0 Å². The lowest BCUT2D eigenvalue weighted by Gasteiger charge is -2.42. The number of benzene rings is 1. The number of rotatable bonds is 16. The van der Waals surface area contributed by atoms with E-state index in [2.05, 4.69) is 212 Å². The Hall–Kier alpha value is -4.54. The summed E-state index contributed by atoms with van der Waals surface area (Å²) in [7, 11) is 2.34. The van der Waals surface area contributed by atoms with Gasteiger partial charge >= 0.3 is 0 Å². The number of nitrogens with zero attached hydrogens (tertiary/aromatic N) is 2. The highest BCUT2D eigenvalue weighted by atomic mass is 32.1. The summed E-state index contributed by atoms with van der Waals surface area (Å²) in [5, 5.41) is 1.30. The molecule has 0 saturated carbocycles. The first kappa shape index (κ1) is 50.1. The lowest BCUT2D eigenvalue weighted by atomic mass is 9.63. The largest absolute Gasteiger partial charge is 0.337 e. The predicted molar refractivity (Wildman–Crippen MR) is 282 cm³/mol. The molecule has 1 atom stereocenters. The second kappa shape index (κ2) is 21.7. The van der Waals surface area contributed by atoms with Crippen molar-refractivity contribution in [1.29, 1.82) is 0 Å². The van der Waals surface area contributed by atoms with Crippen molar-refractivity contribution in [2.75, 3.05) is 11.4 Å². The molecular weight excluding hydrogens is 768 g/mol. The van der Waals surface area contributed by atoms with E-state index in [-0.39, 0.29) is 16.2 Å². The maximum Gasteiger partial charge on any atom is 0.200 e. The van der Waals surface area contributed by atoms with Crippen LogP contribution in [0.1, 0.15) is 133 Å². The highest BCUT2D eigenvalue weighted by Crippen LogP contribution is 2.49. The summed E-state index contributed by atoms with van der Waals surface area (Å²) in [5.41, 5.74) is 12.2. The van der Waals surface area contributed by atoms with E-state index in [1.807, 2.05) is 35.6 Å². The first-order valence-corrected chi connectivity index (χ1v) is 23.8. The molecule has 2 nitrogen and oxygen atoms in total. The molecule has 0 bridgehead atoms. The van der Waals surface area contributed by atoms with Crippen LogP contribution in [0, 0.1) is 17.3 Å². The number of thiophene rings is 1. The van der Waals surface area contributed by atoms with Crippen molar-refractivity contribution in [3.05, 3.63) is 180 Å². The summed E-state index contributed by atoms with van der Waals surface area (Å²) in [5.74, 6) is 3.47. The fourth-order valence-corrected chi connectivity index (χ4v) is 9.66. The molecule has 1 aliphatic carbocycles. The summed E-state index contributed by atoms with van der Waals surface area (Å²) in [6.45, 7) is 47.4. The van der Waals surface area contributed by atoms with Crippen LogP contribution in [-0.4, -0.2) is 18.7 Å². The van der Waals surface area contributed by atoms with Gasteiger partial charge in [-0.3, -0.25) is 0 Å². The second-order valence-corrected chi connectivity index (χ2v) is 21.2. The van der Waals surface area contributed by atoms with Crippen LogP contribution in [0.4, 0.5) is 5.69 Å². The second-order valence-electron chi connectivity index (χ2n) is 20.1. The van der Waals surface area contributed by atoms with Crippen LogP contribution in [0.5, 0.6) is 0 Å². The summed E-state index contributed by atoms with van der Waals surface area (Å²) in [6, 6.07) is 5.07. The van der Waals surface area contributed by atoms with Gasteiger partial charge in [0.15, 0.2) is 0 Å². The van der Waals surface area contributed by atoms with Gasteiger partial charge in [0.05, 0.1) is 5.69 Å². The molecule has 1 unspecified atom stereocenters. The molecule has 0 amide bonds. The minimum Gasteiger partial charge on any atom is -0.337 e. The Morgan fingerprint density at radius 1 is 0.919 bits per heavy atom. The Kier molecular flexibility index (Phi) is 17.5. The van der Waals surface area contributed by atoms with Crippen LogP contribution in [0.25, 0.3) is 10.1 Å². The highest BCUT2D eigenvalue weighted by molar-refractivity contribution is 7.28. The number of fused-ring (bicyclic) bond motifs is 4. The topological polar surface area (TPSA) is 6.48 Å². The highest BCUT2D eigenvalue weighted by Gasteiger charge is 2.38. The van der Waals surface area contributed by atoms with Crippen LogP contribution in [0.3, 0.4) is 0 Å². The standard InChI is InChI=1S/C58H78BN2S/c1-18-25-45(22-5)48(30-32-56(11,12)13)52(23-6)60-36-31-46(26-19-2)61(35-24-27-44(21-4)43(10)29-28-41(7)8)54-49-38-50-51(58(16,17)34-33-57(50,14)15)39-53(49)62-55(54)59-40-47(60)37-42(9)20-3/h18-27,30-31,36-41,43H,1-3,5,28-29,32-35H2,4,6-17H3/b27-24-,36-31+,42-37-,44-21+,45-25+,46-26+,47-40-,48-30-,52-23+. The third-order valence-corrected chi connectivity index (χ3v) is 13.6. The van der Waals surface area contributed by atoms with Gasteiger partial charge in [-0.15, -0.1) is 11.3 Å². The van der Waals surface area contributed by atoms with Crippen molar-refractivity contribution in [2.45, 2.75) is 133 Å². The van der Waals surface area contributed by atoms with E-state index in [4.69, 9.17) is 0 Å². The molecule has 1 aromatic heterocycles. The van der Waals surface area contributed by atoms with Crippen LogP contribution in [0.15, 0.2) is 169 Å². The van der Waals surface area contributed by atoms with Crippen molar-refractivity contribution in [3.8, 4) is 0 Å². The van der Waals surface area contributed by atoms with Gasteiger partial charge in [0, 0.05) is 45.5 Å². The molecule has 0 spiro atoms. The Balaban J connectivity index is 2.11. The summed E-state index contributed by atoms with van der Waals surface area (Å²) in [6.07, 6.45) is 35.8. The molecule has 1 aliphatic heterocycles. The average molecular weight is 846 g/mol. The van der Waals surface area contributed by atoms with E-state index in [9.17, 15) is 0 Å². The molecule has 0 N–H and O–H groups in total. The molecule has 0 saturated heterocycles. The number of hydrogen-bond acceptors (Lipinski definition) is 3. The van der Waals surface area contributed by atoms with Crippen LogP contribution in [0.2, 0.25) is 0 Å². The fourth-order valence-electron chi connectivity index (χ4n) is 8.53. The molecule has 4 heteroatoms. The SMILES string of the molecule is C=C/C=C(C=C)/C(=C/CC(C)(C)C)C(=C\C)/N1/C=C/C(=C\C=C)N(C/C=C\C(=C/C)C(C)CCC(C)C)c2c(sc3cc4c(cc23)C(C)(C)CCC4(C)C)[B]/C=C1/C=C(/C)C=C. The molecule has 1 radical (unpaired) electrons. The molecule has 62 heavy (non-hydrogen) atoms. The number of hydrogen-bond donors (Lipinski definition) is 0. The number of allylic oxidation sites excluding steroid dienone is 15. The molecule has 4 rings (SSSR count). The molecule has 1 aromatic carbocycles. The third-order valence-electron chi connectivity index (χ3n) is 12.5. The molecule has 2 aromatic rings. The van der Waals surface area contributed by atoms with Gasteiger partial charge in [-0.1, -0.05) is 169 Å². The van der Waals surface area contributed by atoms with E-state index >= 15 is 0 Å². The van der Waals surface area contributed by atoms with E-state index in [0.29, 0.717) is 18.4 Å². The number of anilines is 1. The summed E-state index contributed by atoms with van der Waals surface area (Å²) >= 11 is 1.90. The third kappa shape index (κ3) is 12.3.